The summed E-state index contributed by atoms with van der Waals surface area (Å²) in [6.07, 6.45) is 1.34. The third kappa shape index (κ3) is 4.49. The average Bonchev–Trinajstić information content (AvgIpc) is 2.27. The van der Waals surface area contributed by atoms with Crippen LogP contribution in [0.15, 0.2) is 23.1 Å². The molecule has 5 nitrogen and oxygen atoms in total. The Kier molecular flexibility index (Phi) is 5.34. The highest BCUT2D eigenvalue weighted by Crippen LogP contribution is 2.21. The van der Waals surface area contributed by atoms with Gasteiger partial charge in [-0.2, -0.15) is 0 Å². The SMILES string of the molecule is CCCC(C)OC(=O)c1cc(S(N)(=O)=O)ccc1Cl. The third-order valence-electron chi connectivity index (χ3n) is 2.49. The summed E-state index contributed by atoms with van der Waals surface area (Å²) in [6, 6.07) is 3.67. The molecule has 1 unspecified atom stereocenters. The molecular formula is C12H16ClNO4S. The Morgan fingerprint density at radius 2 is 2.11 bits per heavy atom. The predicted octanol–water partition coefficient (Wildman–Crippen LogP) is 2.33. The van der Waals surface area contributed by atoms with Crippen LogP contribution in [0.5, 0.6) is 0 Å². The molecule has 1 rings (SSSR count). The van der Waals surface area contributed by atoms with Crippen LogP contribution < -0.4 is 5.14 Å². The zero-order valence-electron chi connectivity index (χ0n) is 10.7. The van der Waals surface area contributed by atoms with E-state index < -0.39 is 16.0 Å². The number of carbonyl (C=O) groups excluding carboxylic acids is 1. The monoisotopic (exact) mass is 305 g/mol. The van der Waals surface area contributed by atoms with E-state index in [1.54, 1.807) is 6.92 Å². The van der Waals surface area contributed by atoms with E-state index in [1.165, 1.54) is 12.1 Å². The van der Waals surface area contributed by atoms with Crippen LogP contribution in [-0.2, 0) is 14.8 Å². The van der Waals surface area contributed by atoms with Crippen molar-refractivity contribution in [2.75, 3.05) is 0 Å². The van der Waals surface area contributed by atoms with E-state index in [1.807, 2.05) is 6.92 Å². The van der Waals surface area contributed by atoms with Gasteiger partial charge in [0.2, 0.25) is 10.0 Å². The highest BCUT2D eigenvalue weighted by atomic mass is 35.5. The van der Waals surface area contributed by atoms with Crippen molar-refractivity contribution in [3.8, 4) is 0 Å². The zero-order chi connectivity index (χ0) is 14.6. The molecule has 0 aromatic heterocycles. The van der Waals surface area contributed by atoms with Gasteiger partial charge in [-0.3, -0.25) is 0 Å². The summed E-state index contributed by atoms with van der Waals surface area (Å²) in [5, 5.41) is 5.13. The number of nitrogens with two attached hydrogens (primary N) is 1. The highest BCUT2D eigenvalue weighted by molar-refractivity contribution is 7.89. The minimum atomic E-state index is -3.88. The van der Waals surface area contributed by atoms with Gasteiger partial charge in [-0.25, -0.2) is 18.4 Å². The Bertz CT molecular complexity index is 571. The second kappa shape index (κ2) is 6.36. The molecule has 0 aliphatic carbocycles. The first kappa shape index (κ1) is 15.9. The molecule has 0 aliphatic heterocycles. The van der Waals surface area contributed by atoms with Gasteiger partial charge in [0.05, 0.1) is 21.6 Å². The molecule has 7 heteroatoms. The van der Waals surface area contributed by atoms with Crippen molar-refractivity contribution in [3.63, 3.8) is 0 Å². The van der Waals surface area contributed by atoms with Gasteiger partial charge in [-0.05, 0) is 31.5 Å². The molecule has 1 atom stereocenters. The summed E-state index contributed by atoms with van der Waals surface area (Å²) in [4.78, 5) is 11.7. The fourth-order valence-electron chi connectivity index (χ4n) is 1.55. The van der Waals surface area contributed by atoms with Crippen molar-refractivity contribution in [1.29, 1.82) is 0 Å². The smallest absolute Gasteiger partial charge is 0.339 e. The number of sulfonamides is 1. The topological polar surface area (TPSA) is 86.5 Å². The standard InChI is InChI=1S/C12H16ClNO4S/c1-3-4-8(2)18-12(15)10-7-9(19(14,16)17)5-6-11(10)13/h5-8H,3-4H2,1-2H3,(H2,14,16,17). The number of rotatable bonds is 5. The van der Waals surface area contributed by atoms with Crippen LogP contribution >= 0.6 is 11.6 Å². The lowest BCUT2D eigenvalue weighted by Crippen LogP contribution is -2.17. The molecule has 19 heavy (non-hydrogen) atoms. The number of carbonyl (C=O) groups is 1. The van der Waals surface area contributed by atoms with Gasteiger partial charge in [0, 0.05) is 0 Å². The van der Waals surface area contributed by atoms with E-state index in [4.69, 9.17) is 21.5 Å². The Morgan fingerprint density at radius 1 is 1.47 bits per heavy atom. The van der Waals surface area contributed by atoms with Crippen molar-refractivity contribution < 1.29 is 17.9 Å². The largest absolute Gasteiger partial charge is 0.459 e. The molecule has 106 valence electrons. The lowest BCUT2D eigenvalue weighted by molar-refractivity contribution is 0.0323. The molecule has 0 radical (unpaired) electrons. The number of hydrogen-bond acceptors (Lipinski definition) is 4. The highest BCUT2D eigenvalue weighted by Gasteiger charge is 2.18. The number of benzene rings is 1. The Balaban J connectivity index is 3.03. The van der Waals surface area contributed by atoms with E-state index >= 15 is 0 Å². The van der Waals surface area contributed by atoms with Crippen LogP contribution in [0.2, 0.25) is 5.02 Å². The molecular weight excluding hydrogens is 290 g/mol. The van der Waals surface area contributed by atoms with Crippen molar-refractivity contribution in [1.82, 2.24) is 0 Å². The zero-order valence-corrected chi connectivity index (χ0v) is 12.3. The molecule has 0 saturated heterocycles. The second-order valence-corrected chi connectivity index (χ2v) is 6.16. The maximum absolute atomic E-state index is 11.9. The molecule has 0 bridgehead atoms. The van der Waals surface area contributed by atoms with Gasteiger partial charge in [-0.15, -0.1) is 0 Å². The van der Waals surface area contributed by atoms with Gasteiger partial charge in [0.15, 0.2) is 0 Å². The number of primary sulfonamides is 1. The molecule has 0 heterocycles. The maximum Gasteiger partial charge on any atom is 0.339 e. The lowest BCUT2D eigenvalue weighted by Gasteiger charge is -2.13. The quantitative estimate of drug-likeness (QED) is 0.846. The summed E-state index contributed by atoms with van der Waals surface area (Å²) in [5.41, 5.74) is -0.00357. The first-order valence-corrected chi connectivity index (χ1v) is 7.71. The van der Waals surface area contributed by atoms with E-state index in [-0.39, 0.29) is 21.6 Å². The fraction of sp³-hybridized carbons (Fsp3) is 0.417. The van der Waals surface area contributed by atoms with Gasteiger partial charge in [-0.1, -0.05) is 24.9 Å². The Hall–Kier alpha value is -1.11. The molecule has 0 amide bonds. The van der Waals surface area contributed by atoms with Gasteiger partial charge in [0.25, 0.3) is 0 Å². The van der Waals surface area contributed by atoms with E-state index in [0.717, 1.165) is 18.9 Å². The minimum Gasteiger partial charge on any atom is -0.459 e. The predicted molar refractivity (Wildman–Crippen MR) is 72.6 cm³/mol. The van der Waals surface area contributed by atoms with E-state index in [0.29, 0.717) is 0 Å². The van der Waals surface area contributed by atoms with Gasteiger partial charge >= 0.3 is 5.97 Å². The van der Waals surface area contributed by atoms with E-state index in [9.17, 15) is 13.2 Å². The molecule has 1 aromatic rings. The third-order valence-corrected chi connectivity index (χ3v) is 3.73. The lowest BCUT2D eigenvalue weighted by atomic mass is 10.2. The van der Waals surface area contributed by atoms with Gasteiger partial charge in [0.1, 0.15) is 0 Å². The molecule has 1 aromatic carbocycles. The molecule has 0 saturated carbocycles. The van der Waals surface area contributed by atoms with Crippen LogP contribution in [0.1, 0.15) is 37.0 Å². The fourth-order valence-corrected chi connectivity index (χ4v) is 2.28. The first-order valence-electron chi connectivity index (χ1n) is 5.79. The first-order chi connectivity index (χ1) is 8.75. The number of esters is 1. The van der Waals surface area contributed by atoms with Crippen LogP contribution in [0.4, 0.5) is 0 Å². The molecule has 2 N–H and O–H groups in total. The van der Waals surface area contributed by atoms with Crippen LogP contribution in [0.3, 0.4) is 0 Å². The molecule has 0 spiro atoms. The molecule has 0 aliphatic rings. The second-order valence-electron chi connectivity index (χ2n) is 4.19. The van der Waals surface area contributed by atoms with Crippen LogP contribution in [0.25, 0.3) is 0 Å². The number of hydrogen-bond donors (Lipinski definition) is 1. The average molecular weight is 306 g/mol. The summed E-state index contributed by atoms with van der Waals surface area (Å²) in [7, 11) is -3.88. The summed E-state index contributed by atoms with van der Waals surface area (Å²) in [6.45, 7) is 3.73. The summed E-state index contributed by atoms with van der Waals surface area (Å²) >= 11 is 5.87. The number of ether oxygens (including phenoxy) is 1. The Morgan fingerprint density at radius 3 is 2.63 bits per heavy atom. The normalized spacial score (nSPS) is 13.1. The van der Waals surface area contributed by atoms with Gasteiger partial charge < -0.3 is 4.74 Å². The van der Waals surface area contributed by atoms with Crippen LogP contribution in [0, 0.1) is 0 Å². The van der Waals surface area contributed by atoms with Crippen molar-refractivity contribution in [3.05, 3.63) is 28.8 Å². The molecule has 0 fully saturated rings. The summed E-state index contributed by atoms with van der Waals surface area (Å²) < 4.78 is 27.6. The summed E-state index contributed by atoms with van der Waals surface area (Å²) in [5.74, 6) is -0.656. The minimum absolute atomic E-state index is 0.00357. The number of halogens is 1. The van der Waals surface area contributed by atoms with Crippen molar-refractivity contribution in [2.45, 2.75) is 37.7 Å². The maximum atomic E-state index is 11.9. The van der Waals surface area contributed by atoms with Crippen LogP contribution in [-0.4, -0.2) is 20.5 Å². The van der Waals surface area contributed by atoms with Crippen molar-refractivity contribution in [2.24, 2.45) is 5.14 Å². The van der Waals surface area contributed by atoms with Crippen molar-refractivity contribution >= 4 is 27.6 Å². The Labute approximate surface area is 117 Å². The van der Waals surface area contributed by atoms with E-state index in [2.05, 4.69) is 0 Å².